The topological polar surface area (TPSA) is 108 Å². The van der Waals surface area contributed by atoms with Crippen LogP contribution in [0.5, 0.6) is 0 Å². The lowest BCUT2D eigenvalue weighted by Gasteiger charge is -2.40. The predicted octanol–water partition coefficient (Wildman–Crippen LogP) is 14.2. The third-order valence-electron chi connectivity index (χ3n) is 17.9. The molecule has 4 aliphatic heterocycles. The van der Waals surface area contributed by atoms with E-state index in [0.717, 1.165) is 116 Å². The van der Waals surface area contributed by atoms with E-state index in [9.17, 15) is 14.4 Å². The molecule has 14 nitrogen and oxygen atoms in total. The molecule has 4 saturated heterocycles. The number of allylic oxidation sites excluding steroid dienone is 1. The number of piperidine rings is 1. The molecule has 2 atom stereocenters. The standard InChI is InChI=1S/C23H47N.C18H22N2.C14H26N2O4.C13H17NO.C8H18N2.C3H9N/c1-3-5-7-8-9-10-11-12-13-14-15-16-17-18-19-21-23-24-22-20-6-4-2;1-3-7-17(8-4-1)15-19-11-13-20(14-12-19)16-18-9-5-2-6-10-18;1-3-19-13(17)5-7-15-9-11-16(12-10-15)8-6-14(18)20-4-2;15-11-13-6-8-14(9-7-13)10-12-4-2-1-3-5-12;1-7-5-10(4)8(2)6-9(7)3;1-4(2)3/h6,20,24H,3-5,7-19,21-23H2,1-2H3;1-10H,11-16H2;3-12H2,1-2H3;1-5,11,13H,6-10H2;7-8H,5-6H2,1-4H3;1-3H3/b20-6-;;;;;. The Labute approximate surface area is 570 Å². The van der Waals surface area contributed by atoms with E-state index in [2.05, 4.69) is 178 Å². The van der Waals surface area contributed by atoms with Crippen LogP contribution < -0.4 is 5.32 Å². The van der Waals surface area contributed by atoms with E-state index in [-0.39, 0.29) is 11.9 Å². The number of nitrogens with zero attached hydrogens (tertiary/aromatic N) is 8. The third kappa shape index (κ3) is 47.3. The summed E-state index contributed by atoms with van der Waals surface area (Å²) in [4.78, 5) is 52.1. The summed E-state index contributed by atoms with van der Waals surface area (Å²) >= 11 is 0. The average molecular weight is 1300 g/mol. The molecule has 0 saturated carbocycles. The lowest BCUT2D eigenvalue weighted by molar-refractivity contribution is -0.144. The van der Waals surface area contributed by atoms with Gasteiger partial charge in [-0.1, -0.05) is 213 Å². The number of esters is 2. The van der Waals surface area contributed by atoms with Gasteiger partial charge in [0.15, 0.2) is 0 Å². The summed E-state index contributed by atoms with van der Waals surface area (Å²) in [5.74, 6) is 0.0477. The smallest absolute Gasteiger partial charge is 0.307 e. The summed E-state index contributed by atoms with van der Waals surface area (Å²) in [6, 6.07) is 33.5. The number of piperazine rings is 3. The van der Waals surface area contributed by atoms with Crippen molar-refractivity contribution >= 4 is 18.2 Å². The molecule has 2 unspecified atom stereocenters. The highest BCUT2D eigenvalue weighted by Gasteiger charge is 2.24. The first-order valence-electron chi connectivity index (χ1n) is 37.1. The maximum absolute atomic E-state index is 11.3. The summed E-state index contributed by atoms with van der Waals surface area (Å²) in [7, 11) is 10.4. The van der Waals surface area contributed by atoms with Crippen LogP contribution >= 0.6 is 0 Å². The predicted molar refractivity (Wildman–Crippen MR) is 395 cm³/mol. The van der Waals surface area contributed by atoms with Gasteiger partial charge in [-0.25, -0.2) is 0 Å². The molecule has 3 aromatic carbocycles. The SMILES string of the molecule is CC/C=C\CNCCCCCCCCCCCCCCCCCC.CC1CN(C)C(C)CN1C.CCOC(=O)CCN1CCN(CCC(=O)OCC)CC1.CN(C)C.O=CC1CCN(Cc2ccccc2)CC1.c1ccc(CN2CCN(Cc3ccccc3)CC2)cc1. The zero-order valence-electron chi connectivity index (χ0n) is 61.4. The molecule has 3 aromatic rings. The highest BCUT2D eigenvalue weighted by Crippen LogP contribution is 2.18. The first-order valence-corrected chi connectivity index (χ1v) is 37.1. The fourth-order valence-corrected chi connectivity index (χ4v) is 11.8. The molecule has 0 amide bonds. The van der Waals surface area contributed by atoms with Crippen LogP contribution in [0.15, 0.2) is 103 Å². The van der Waals surface area contributed by atoms with Crippen molar-refractivity contribution in [3.63, 3.8) is 0 Å². The number of hydrogen-bond acceptors (Lipinski definition) is 14. The van der Waals surface area contributed by atoms with Gasteiger partial charge in [-0.3, -0.25) is 24.3 Å². The van der Waals surface area contributed by atoms with Crippen molar-refractivity contribution in [3.05, 3.63) is 120 Å². The Kier molecular flexibility index (Phi) is 52.7. The highest BCUT2D eigenvalue weighted by molar-refractivity contribution is 5.69. The monoisotopic (exact) mass is 1290 g/mol. The highest BCUT2D eigenvalue weighted by atomic mass is 16.5. The molecule has 7 rings (SSSR count). The molecule has 0 bridgehead atoms. The van der Waals surface area contributed by atoms with Gasteiger partial charge in [0.05, 0.1) is 26.1 Å². The van der Waals surface area contributed by atoms with Crippen molar-refractivity contribution < 1.29 is 23.9 Å². The van der Waals surface area contributed by atoms with Crippen molar-refractivity contribution in [1.29, 1.82) is 0 Å². The normalized spacial score (nSPS) is 17.9. The number of likely N-dealkylation sites (N-methyl/N-ethyl adjacent to an activating group) is 2. The van der Waals surface area contributed by atoms with Crippen molar-refractivity contribution in [2.45, 2.75) is 208 Å². The summed E-state index contributed by atoms with van der Waals surface area (Å²) in [5.41, 5.74) is 4.20. The molecule has 1 N–H and O–H groups in total. The van der Waals surface area contributed by atoms with E-state index in [1.54, 1.807) is 0 Å². The summed E-state index contributed by atoms with van der Waals surface area (Å²) in [5, 5.41) is 3.48. The molecule has 4 aliphatic rings. The van der Waals surface area contributed by atoms with E-state index in [0.29, 0.717) is 32.0 Å². The van der Waals surface area contributed by atoms with Gasteiger partial charge in [-0.05, 0) is 125 Å². The van der Waals surface area contributed by atoms with Crippen LogP contribution in [-0.2, 0) is 43.5 Å². The van der Waals surface area contributed by atoms with Crippen LogP contribution in [0.1, 0.15) is 193 Å². The van der Waals surface area contributed by atoms with Crippen LogP contribution in [0.2, 0.25) is 0 Å². The van der Waals surface area contributed by atoms with Gasteiger partial charge >= 0.3 is 11.9 Å². The van der Waals surface area contributed by atoms with Gasteiger partial charge in [-0.2, -0.15) is 0 Å². The number of ether oxygens (including phenoxy) is 2. The molecule has 14 heteroatoms. The van der Waals surface area contributed by atoms with Crippen molar-refractivity contribution in [3.8, 4) is 0 Å². The van der Waals surface area contributed by atoms with Crippen molar-refractivity contribution in [1.82, 2.24) is 44.5 Å². The number of rotatable bonds is 35. The minimum Gasteiger partial charge on any atom is -0.466 e. The van der Waals surface area contributed by atoms with Gasteiger partial charge in [0.2, 0.25) is 0 Å². The maximum atomic E-state index is 11.3. The summed E-state index contributed by atoms with van der Waals surface area (Å²) in [6.07, 6.45) is 32.9. The van der Waals surface area contributed by atoms with Crippen LogP contribution in [0.3, 0.4) is 0 Å². The Morgan fingerprint density at radius 2 is 0.796 bits per heavy atom. The van der Waals surface area contributed by atoms with Gasteiger partial charge in [0.1, 0.15) is 6.29 Å². The van der Waals surface area contributed by atoms with E-state index in [1.165, 1.54) is 165 Å². The summed E-state index contributed by atoms with van der Waals surface area (Å²) in [6.45, 7) is 33.4. The molecule has 0 aromatic heterocycles. The van der Waals surface area contributed by atoms with E-state index in [4.69, 9.17) is 9.47 Å². The quantitative estimate of drug-likeness (QED) is 0.0261. The molecular weight excluding hydrogens is 1150 g/mol. The molecule has 0 radical (unpaired) electrons. The van der Waals surface area contributed by atoms with Crippen LogP contribution in [0, 0.1) is 5.92 Å². The van der Waals surface area contributed by atoms with Crippen LogP contribution in [0.4, 0.5) is 0 Å². The fraction of sp³-hybridized carbons (Fsp3) is 0.709. The largest absolute Gasteiger partial charge is 0.466 e. The number of nitrogens with one attached hydrogen (secondary N) is 1. The first kappa shape index (κ1) is 84.7. The first-order chi connectivity index (χ1) is 45.2. The van der Waals surface area contributed by atoms with Gasteiger partial charge in [0.25, 0.3) is 0 Å². The molecule has 4 fully saturated rings. The number of unbranched alkanes of at least 4 members (excludes halogenated alkanes) is 15. The maximum Gasteiger partial charge on any atom is 0.307 e. The zero-order chi connectivity index (χ0) is 67.8. The number of benzene rings is 3. The van der Waals surface area contributed by atoms with E-state index in [1.807, 2.05) is 46.0 Å². The third-order valence-corrected chi connectivity index (χ3v) is 17.9. The fourth-order valence-electron chi connectivity index (χ4n) is 11.8. The number of carbonyl (C=O) groups is 3. The molecule has 93 heavy (non-hydrogen) atoms. The second-order valence-corrected chi connectivity index (χ2v) is 26.9. The zero-order valence-corrected chi connectivity index (χ0v) is 61.4. The Morgan fingerprint density at radius 3 is 1.12 bits per heavy atom. The van der Waals surface area contributed by atoms with Crippen LogP contribution in [-0.4, -0.2) is 223 Å². The lowest BCUT2D eigenvalue weighted by atomic mass is 9.98. The average Bonchev–Trinajstić information content (AvgIpc) is 1.94. The molecular formula is C79H139N9O5. The van der Waals surface area contributed by atoms with E-state index < -0.39 is 0 Å². The molecule has 530 valence electrons. The second kappa shape index (κ2) is 57.9. The molecule has 0 spiro atoms. The van der Waals surface area contributed by atoms with Gasteiger partial charge in [0, 0.05) is 123 Å². The summed E-state index contributed by atoms with van der Waals surface area (Å²) < 4.78 is 9.83. The van der Waals surface area contributed by atoms with Crippen LogP contribution in [0.25, 0.3) is 0 Å². The Balaban J connectivity index is 0.000000397. The Morgan fingerprint density at radius 1 is 0.473 bits per heavy atom. The second-order valence-electron chi connectivity index (χ2n) is 26.9. The Bertz CT molecular complexity index is 2080. The number of likely N-dealkylation sites (tertiary alicyclic amines) is 1. The van der Waals surface area contributed by atoms with Gasteiger partial charge in [-0.15, -0.1) is 0 Å². The van der Waals surface area contributed by atoms with Crippen molar-refractivity contribution in [2.75, 3.05) is 153 Å². The number of aldehydes is 1. The van der Waals surface area contributed by atoms with E-state index >= 15 is 0 Å². The minimum absolute atomic E-state index is 0.128. The van der Waals surface area contributed by atoms with Gasteiger partial charge < -0.3 is 44.1 Å². The van der Waals surface area contributed by atoms with Crippen molar-refractivity contribution in [2.24, 2.45) is 5.92 Å². The Hall–Kier alpha value is -4.35. The number of hydrogen-bond donors (Lipinski definition) is 1. The number of carbonyl (C=O) groups excluding carboxylic acids is 3. The molecule has 4 heterocycles. The minimum atomic E-state index is -0.128. The lowest BCUT2D eigenvalue weighted by Crippen LogP contribution is -2.53. The molecule has 0 aliphatic carbocycles.